The topological polar surface area (TPSA) is 50.2 Å². The summed E-state index contributed by atoms with van der Waals surface area (Å²) in [6.07, 6.45) is 9.06. The number of amides is 1. The van der Waals surface area contributed by atoms with Gasteiger partial charge in [0.2, 0.25) is 5.91 Å². The van der Waals surface area contributed by atoms with Crippen molar-refractivity contribution in [3.05, 3.63) is 17.5 Å². The second-order valence-corrected chi connectivity index (χ2v) is 7.02. The Morgan fingerprint density at radius 2 is 2.13 bits per heavy atom. The highest BCUT2D eigenvalue weighted by atomic mass is 16.1. The van der Waals surface area contributed by atoms with Crippen molar-refractivity contribution in [1.82, 2.24) is 20.0 Å². The zero-order valence-electron chi connectivity index (χ0n) is 14.6. The first-order chi connectivity index (χ1) is 11.2. The standard InChI is InChI=1S/C18H30N4O/c1-3-22-13-15(14(2)20-22)12-21-11-6-4-5-10-19-18(23)16-8-7-9-17(16)21/h13,16-17H,3-12H2,1-2H3,(H,19,23)/t16-,17+/m1/s1. The van der Waals surface area contributed by atoms with Crippen LogP contribution in [0, 0.1) is 12.8 Å². The molecule has 1 saturated carbocycles. The number of nitrogens with zero attached hydrogens (tertiary/aromatic N) is 3. The molecular weight excluding hydrogens is 288 g/mol. The van der Waals surface area contributed by atoms with Crippen molar-refractivity contribution in [2.24, 2.45) is 5.92 Å². The lowest BCUT2D eigenvalue weighted by Gasteiger charge is -2.33. The van der Waals surface area contributed by atoms with E-state index in [0.29, 0.717) is 6.04 Å². The molecule has 1 aliphatic carbocycles. The van der Waals surface area contributed by atoms with Crippen molar-refractivity contribution in [3.63, 3.8) is 0 Å². The third-order valence-corrected chi connectivity index (χ3v) is 5.45. The smallest absolute Gasteiger partial charge is 0.224 e. The van der Waals surface area contributed by atoms with Gasteiger partial charge in [0.15, 0.2) is 0 Å². The number of carbonyl (C=O) groups excluding carboxylic acids is 1. The SMILES string of the molecule is CCn1cc(CN2CCCCCNC(=O)[C@@H]3CCC[C@@H]32)c(C)n1. The van der Waals surface area contributed by atoms with E-state index in [0.717, 1.165) is 51.1 Å². The van der Waals surface area contributed by atoms with Crippen LogP contribution in [0.3, 0.4) is 0 Å². The van der Waals surface area contributed by atoms with Gasteiger partial charge in [-0.05, 0) is 46.1 Å². The summed E-state index contributed by atoms with van der Waals surface area (Å²) in [4.78, 5) is 15.0. The maximum absolute atomic E-state index is 12.5. The fourth-order valence-corrected chi connectivity index (χ4v) is 4.10. The molecule has 0 bridgehead atoms. The summed E-state index contributed by atoms with van der Waals surface area (Å²) in [6, 6.07) is 0.400. The van der Waals surface area contributed by atoms with Crippen LogP contribution in [0.1, 0.15) is 56.7 Å². The summed E-state index contributed by atoms with van der Waals surface area (Å²) in [5, 5.41) is 7.73. The molecule has 128 valence electrons. The van der Waals surface area contributed by atoms with Gasteiger partial charge in [-0.15, -0.1) is 0 Å². The molecule has 3 rings (SSSR count). The van der Waals surface area contributed by atoms with Crippen LogP contribution in [0.15, 0.2) is 6.20 Å². The Morgan fingerprint density at radius 1 is 1.26 bits per heavy atom. The zero-order chi connectivity index (χ0) is 16.2. The molecule has 2 fully saturated rings. The normalized spacial score (nSPS) is 26.8. The summed E-state index contributed by atoms with van der Waals surface area (Å²) in [6.45, 7) is 8.02. The van der Waals surface area contributed by atoms with Gasteiger partial charge in [0.05, 0.1) is 11.6 Å². The van der Waals surface area contributed by atoms with Crippen molar-refractivity contribution < 1.29 is 4.79 Å². The number of hydrogen-bond acceptors (Lipinski definition) is 3. The van der Waals surface area contributed by atoms with Gasteiger partial charge in [0.1, 0.15) is 0 Å². The van der Waals surface area contributed by atoms with Crippen molar-refractivity contribution in [2.45, 2.75) is 71.5 Å². The largest absolute Gasteiger partial charge is 0.356 e. The first-order valence-electron chi connectivity index (χ1n) is 9.23. The third-order valence-electron chi connectivity index (χ3n) is 5.45. The van der Waals surface area contributed by atoms with Gasteiger partial charge in [-0.1, -0.05) is 12.8 Å². The monoisotopic (exact) mass is 318 g/mol. The predicted octanol–water partition coefficient (Wildman–Crippen LogP) is 2.48. The van der Waals surface area contributed by atoms with E-state index in [9.17, 15) is 4.79 Å². The molecular formula is C18H30N4O. The Hall–Kier alpha value is -1.36. The molecule has 0 spiro atoms. The van der Waals surface area contributed by atoms with Gasteiger partial charge >= 0.3 is 0 Å². The summed E-state index contributed by atoms with van der Waals surface area (Å²) >= 11 is 0. The number of aryl methyl sites for hydroxylation is 2. The lowest BCUT2D eigenvalue weighted by molar-refractivity contribution is -0.126. The maximum Gasteiger partial charge on any atom is 0.224 e. The number of rotatable bonds is 3. The summed E-state index contributed by atoms with van der Waals surface area (Å²) in [7, 11) is 0. The number of aromatic nitrogens is 2. The van der Waals surface area contributed by atoms with E-state index >= 15 is 0 Å². The van der Waals surface area contributed by atoms with Crippen LogP contribution in [-0.2, 0) is 17.9 Å². The van der Waals surface area contributed by atoms with Crippen LogP contribution in [0.5, 0.6) is 0 Å². The molecule has 2 heterocycles. The highest BCUT2D eigenvalue weighted by molar-refractivity contribution is 5.79. The molecule has 0 aromatic carbocycles. The average molecular weight is 318 g/mol. The molecule has 23 heavy (non-hydrogen) atoms. The second kappa shape index (κ2) is 7.47. The third kappa shape index (κ3) is 3.77. The van der Waals surface area contributed by atoms with Gasteiger partial charge in [-0.25, -0.2) is 0 Å². The van der Waals surface area contributed by atoms with Crippen LogP contribution in [0.2, 0.25) is 0 Å². The van der Waals surface area contributed by atoms with Crippen molar-refractivity contribution in [2.75, 3.05) is 13.1 Å². The van der Waals surface area contributed by atoms with Gasteiger partial charge in [0, 0.05) is 37.4 Å². The minimum Gasteiger partial charge on any atom is -0.356 e. The molecule has 1 saturated heterocycles. The van der Waals surface area contributed by atoms with E-state index in [4.69, 9.17) is 0 Å². The van der Waals surface area contributed by atoms with Gasteiger partial charge in [-0.2, -0.15) is 5.10 Å². The molecule has 1 aromatic heterocycles. The van der Waals surface area contributed by atoms with E-state index in [-0.39, 0.29) is 11.8 Å². The fraction of sp³-hybridized carbons (Fsp3) is 0.778. The van der Waals surface area contributed by atoms with E-state index in [1.807, 2.05) is 4.68 Å². The van der Waals surface area contributed by atoms with E-state index < -0.39 is 0 Å². The molecule has 0 radical (unpaired) electrons. The number of hydrogen-bond donors (Lipinski definition) is 1. The molecule has 1 amide bonds. The average Bonchev–Trinajstić information content (AvgIpc) is 3.16. The Morgan fingerprint density at radius 3 is 2.91 bits per heavy atom. The molecule has 1 aliphatic heterocycles. The van der Waals surface area contributed by atoms with Crippen LogP contribution in [-0.4, -0.2) is 39.7 Å². The quantitative estimate of drug-likeness (QED) is 0.931. The zero-order valence-corrected chi connectivity index (χ0v) is 14.6. The Bertz CT molecular complexity index is 539. The van der Waals surface area contributed by atoms with Crippen LogP contribution in [0.25, 0.3) is 0 Å². The minimum atomic E-state index is 0.176. The predicted molar refractivity (Wildman–Crippen MR) is 91.0 cm³/mol. The molecule has 1 aromatic rings. The molecule has 2 atom stereocenters. The van der Waals surface area contributed by atoms with E-state index in [1.165, 1.54) is 24.8 Å². The first kappa shape index (κ1) is 16.5. The lowest BCUT2D eigenvalue weighted by atomic mass is 9.99. The first-order valence-corrected chi connectivity index (χ1v) is 9.23. The highest BCUT2D eigenvalue weighted by Gasteiger charge is 2.37. The van der Waals surface area contributed by atoms with Gasteiger partial charge < -0.3 is 5.32 Å². The summed E-state index contributed by atoms with van der Waals surface area (Å²) in [5.74, 6) is 0.454. The summed E-state index contributed by atoms with van der Waals surface area (Å²) in [5.41, 5.74) is 2.44. The number of nitrogens with one attached hydrogen (secondary N) is 1. The maximum atomic E-state index is 12.5. The number of carbonyl (C=O) groups is 1. The van der Waals surface area contributed by atoms with Crippen LogP contribution in [0.4, 0.5) is 0 Å². The lowest BCUT2D eigenvalue weighted by Crippen LogP contribution is -2.45. The van der Waals surface area contributed by atoms with Gasteiger partial charge in [0.25, 0.3) is 0 Å². The molecule has 5 heteroatoms. The minimum absolute atomic E-state index is 0.176. The summed E-state index contributed by atoms with van der Waals surface area (Å²) < 4.78 is 2.02. The highest BCUT2D eigenvalue weighted by Crippen LogP contribution is 2.32. The molecule has 0 unspecified atom stereocenters. The second-order valence-electron chi connectivity index (χ2n) is 7.02. The van der Waals surface area contributed by atoms with Crippen molar-refractivity contribution >= 4 is 5.91 Å². The molecule has 5 nitrogen and oxygen atoms in total. The van der Waals surface area contributed by atoms with Crippen molar-refractivity contribution in [1.29, 1.82) is 0 Å². The van der Waals surface area contributed by atoms with Crippen molar-refractivity contribution in [3.8, 4) is 0 Å². The fourth-order valence-electron chi connectivity index (χ4n) is 4.10. The van der Waals surface area contributed by atoms with Crippen LogP contribution < -0.4 is 5.32 Å². The number of fused-ring (bicyclic) bond motifs is 1. The van der Waals surface area contributed by atoms with Gasteiger partial charge in [-0.3, -0.25) is 14.4 Å². The van der Waals surface area contributed by atoms with E-state index in [1.54, 1.807) is 0 Å². The Balaban J connectivity index is 1.78. The van der Waals surface area contributed by atoms with Crippen LogP contribution >= 0.6 is 0 Å². The van der Waals surface area contributed by atoms with E-state index in [2.05, 4.69) is 35.4 Å². The Labute approximate surface area is 139 Å². The Kier molecular flexibility index (Phi) is 5.36. The molecule has 2 aliphatic rings. The molecule has 1 N–H and O–H groups in total.